The Kier molecular flexibility index (Phi) is 21.5. The van der Waals surface area contributed by atoms with Gasteiger partial charge in [0.25, 0.3) is 0 Å². The molecule has 16 nitrogen and oxygen atoms in total. The number of alkyl halides is 6. The number of amides is 6. The van der Waals surface area contributed by atoms with Crippen molar-refractivity contribution in [3.63, 3.8) is 0 Å². The highest BCUT2D eigenvalue weighted by molar-refractivity contribution is 5.91. The zero-order valence-electron chi connectivity index (χ0n) is 38.9. The van der Waals surface area contributed by atoms with Gasteiger partial charge in [-0.3, -0.25) is 28.8 Å². The van der Waals surface area contributed by atoms with Gasteiger partial charge in [0, 0.05) is 51.4 Å². The fourth-order valence-electron chi connectivity index (χ4n) is 7.99. The van der Waals surface area contributed by atoms with Gasteiger partial charge in [-0.2, -0.15) is 26.3 Å². The highest BCUT2D eigenvalue weighted by Crippen LogP contribution is 2.26. The summed E-state index contributed by atoms with van der Waals surface area (Å²) in [6.45, 7) is 0.984. The molecule has 6 amide bonds. The molecule has 68 heavy (non-hydrogen) atoms. The van der Waals surface area contributed by atoms with Gasteiger partial charge in [-0.05, 0) is 77.6 Å². The largest absolute Gasteiger partial charge is 0.471 e. The van der Waals surface area contributed by atoms with Gasteiger partial charge in [-0.25, -0.2) is 0 Å². The van der Waals surface area contributed by atoms with E-state index < -0.39 is 97.3 Å². The van der Waals surface area contributed by atoms with Crippen LogP contribution in [0.25, 0.3) is 0 Å². The van der Waals surface area contributed by atoms with Gasteiger partial charge >= 0.3 is 24.2 Å². The molecule has 0 saturated carbocycles. The summed E-state index contributed by atoms with van der Waals surface area (Å²) in [6, 6.07) is 11.7. The van der Waals surface area contributed by atoms with E-state index in [1.165, 1.54) is 23.9 Å². The van der Waals surface area contributed by atoms with Crippen LogP contribution < -0.4 is 21.3 Å². The van der Waals surface area contributed by atoms with E-state index in [-0.39, 0.29) is 65.3 Å². The Morgan fingerprint density at radius 1 is 0.618 bits per heavy atom. The Morgan fingerprint density at radius 3 is 1.29 bits per heavy atom. The van der Waals surface area contributed by atoms with E-state index in [9.17, 15) is 55.1 Å². The van der Waals surface area contributed by atoms with E-state index in [0.29, 0.717) is 35.5 Å². The molecule has 0 unspecified atom stereocenters. The molecule has 0 bridgehead atoms. The second kappa shape index (κ2) is 26.4. The van der Waals surface area contributed by atoms with Crippen molar-refractivity contribution in [2.45, 2.75) is 101 Å². The molecule has 6 atom stereocenters. The van der Waals surface area contributed by atoms with E-state index in [1.54, 1.807) is 74.5 Å². The normalized spacial score (nSPS) is 18.1. The predicted octanol–water partition coefficient (Wildman–Crippen LogP) is 2.45. The van der Waals surface area contributed by atoms with Crippen LogP contribution >= 0.6 is 0 Å². The third-order valence-corrected chi connectivity index (χ3v) is 12.1. The minimum atomic E-state index is -5.15. The number of carbonyl (C=O) groups is 6. The van der Waals surface area contributed by atoms with Crippen molar-refractivity contribution in [2.24, 2.45) is 0 Å². The van der Waals surface area contributed by atoms with Crippen molar-refractivity contribution in [2.75, 3.05) is 79.8 Å². The lowest BCUT2D eigenvalue weighted by molar-refractivity contribution is -0.186. The molecule has 2 saturated heterocycles. The van der Waals surface area contributed by atoms with Crippen LogP contribution in [0.2, 0.25) is 0 Å². The Hall–Kier alpha value is -5.32. The highest BCUT2D eigenvalue weighted by atomic mass is 19.4. The highest BCUT2D eigenvalue weighted by Gasteiger charge is 2.46. The summed E-state index contributed by atoms with van der Waals surface area (Å²) in [5.41, 5.74) is 1.45. The molecule has 2 aliphatic rings. The van der Waals surface area contributed by atoms with Crippen LogP contribution in [0.1, 0.15) is 50.7 Å². The van der Waals surface area contributed by atoms with E-state index in [1.807, 2.05) is 0 Å². The van der Waals surface area contributed by atoms with E-state index >= 15 is 0 Å². The summed E-state index contributed by atoms with van der Waals surface area (Å²) in [4.78, 5) is 83.5. The lowest BCUT2D eigenvalue weighted by Crippen LogP contribution is -2.57. The van der Waals surface area contributed by atoms with Gasteiger partial charge in [0.2, 0.25) is 23.6 Å². The van der Waals surface area contributed by atoms with Crippen LogP contribution in [0.3, 0.4) is 0 Å². The number of benzene rings is 2. The Bertz CT molecular complexity index is 1810. The maximum Gasteiger partial charge on any atom is 0.471 e. The molecule has 22 heteroatoms. The molecule has 2 heterocycles. The fourth-order valence-corrected chi connectivity index (χ4v) is 7.99. The molecule has 2 aromatic carbocycles. The van der Waals surface area contributed by atoms with Crippen LogP contribution in [0, 0.1) is 0 Å². The summed E-state index contributed by atoms with van der Waals surface area (Å²) >= 11 is 0. The summed E-state index contributed by atoms with van der Waals surface area (Å²) < 4.78 is 94.2. The maximum absolute atomic E-state index is 14.1. The monoisotopic (exact) mass is 970 g/mol. The molecule has 4 rings (SSSR count). The van der Waals surface area contributed by atoms with Gasteiger partial charge in [0.1, 0.15) is 12.1 Å². The average molecular weight is 971 g/mol. The first-order chi connectivity index (χ1) is 32.2. The Morgan fingerprint density at radius 2 is 0.971 bits per heavy atom. The molecule has 2 fully saturated rings. The number of ether oxygens (including phenoxy) is 2. The van der Waals surface area contributed by atoms with E-state index in [0.717, 1.165) is 11.1 Å². The number of hydrogen-bond acceptors (Lipinski definition) is 10. The van der Waals surface area contributed by atoms with Crippen molar-refractivity contribution in [1.29, 1.82) is 0 Å². The minimum Gasteiger partial charge on any atom is -0.376 e. The van der Waals surface area contributed by atoms with Crippen molar-refractivity contribution in [1.82, 2.24) is 40.9 Å². The number of rotatable bonds is 25. The molecular formula is C46H64F6N8O8. The van der Waals surface area contributed by atoms with Gasteiger partial charge in [-0.15, -0.1) is 0 Å². The fraction of sp³-hybridized carbons (Fsp3) is 0.609. The SMILES string of the molecule is CN[C@@H](C)C(=O)N[C@@H](COCCOC[C@H](NC(=O)[C@H](C)NC)C(=O)N1CCC[C@H]1CN(CCc1ccccc1)C(=O)C(F)(F)F)C(=O)N1CCC[C@H]1CN(CCc1ccccc1)C(=O)C(F)(F)F. The smallest absolute Gasteiger partial charge is 0.376 e. The summed E-state index contributed by atoms with van der Waals surface area (Å²) in [5.74, 6) is -6.43. The zero-order chi connectivity index (χ0) is 50.0. The number of hydrogen-bond donors (Lipinski definition) is 4. The molecule has 0 aromatic heterocycles. The summed E-state index contributed by atoms with van der Waals surface area (Å²) in [7, 11) is 3.07. The molecule has 4 N–H and O–H groups in total. The average Bonchev–Trinajstić information content (AvgIpc) is 4.00. The summed E-state index contributed by atoms with van der Waals surface area (Å²) in [6.07, 6.45) is -8.51. The number of nitrogens with one attached hydrogen (secondary N) is 4. The zero-order valence-corrected chi connectivity index (χ0v) is 38.9. The van der Waals surface area contributed by atoms with Crippen molar-refractivity contribution < 1.29 is 64.6 Å². The number of likely N-dealkylation sites (N-methyl/N-ethyl adjacent to an activating group) is 2. The second-order valence-corrected chi connectivity index (χ2v) is 16.9. The molecule has 2 aliphatic heterocycles. The van der Waals surface area contributed by atoms with Crippen LogP contribution in [0.4, 0.5) is 26.3 Å². The van der Waals surface area contributed by atoms with Crippen LogP contribution in [0.5, 0.6) is 0 Å². The van der Waals surface area contributed by atoms with Crippen molar-refractivity contribution in [3.05, 3.63) is 71.8 Å². The molecular weight excluding hydrogens is 907 g/mol. The quantitative estimate of drug-likeness (QED) is 0.0853. The number of nitrogens with zero attached hydrogens (tertiary/aromatic N) is 4. The number of halogens is 6. The summed E-state index contributed by atoms with van der Waals surface area (Å²) in [5, 5.41) is 10.8. The first-order valence-corrected chi connectivity index (χ1v) is 22.8. The first kappa shape index (κ1) is 55.3. The van der Waals surface area contributed by atoms with Crippen LogP contribution in [-0.2, 0) is 51.1 Å². The molecule has 2 aromatic rings. The molecule has 378 valence electrons. The minimum absolute atomic E-state index is 0.150. The maximum atomic E-state index is 14.1. The topological polar surface area (TPSA) is 182 Å². The number of likely N-dealkylation sites (tertiary alicyclic amines) is 2. The molecule has 0 radical (unpaired) electrons. The third-order valence-electron chi connectivity index (χ3n) is 12.1. The van der Waals surface area contributed by atoms with Crippen LogP contribution in [0.15, 0.2) is 60.7 Å². The Balaban J connectivity index is 1.41. The standard InChI is InChI=1S/C46H64F6N8O8/c1-31(53-3)39(61)55-37(41(63)59-21-11-17-35(59)27-57(43(65)45(47,48)49)23-19-33-13-7-5-8-14-33)29-67-25-26-68-30-38(56-40(62)32(2)54-4)42(64)60-22-12-18-36(60)28-58(44(66)46(50,51)52)24-20-34-15-9-6-10-16-34/h5-10,13-16,31-32,35-38,53-54H,11-12,17-30H2,1-4H3,(H,55,61)(H,56,62)/t31-,32-,35-,36-,37-,38-/m0/s1. The van der Waals surface area contributed by atoms with Gasteiger partial charge in [0.15, 0.2) is 0 Å². The first-order valence-electron chi connectivity index (χ1n) is 22.8. The predicted molar refractivity (Wildman–Crippen MR) is 238 cm³/mol. The van der Waals surface area contributed by atoms with Crippen molar-refractivity contribution in [3.8, 4) is 0 Å². The van der Waals surface area contributed by atoms with Gasteiger partial charge in [-0.1, -0.05) is 60.7 Å². The number of carbonyl (C=O) groups excluding carboxylic acids is 6. The lowest BCUT2D eigenvalue weighted by atomic mass is 10.1. The second-order valence-electron chi connectivity index (χ2n) is 16.9. The van der Waals surface area contributed by atoms with Crippen molar-refractivity contribution >= 4 is 35.4 Å². The van der Waals surface area contributed by atoms with E-state index in [2.05, 4.69) is 21.3 Å². The Labute approximate surface area is 392 Å². The molecule has 0 aliphatic carbocycles. The molecule has 0 spiro atoms. The third kappa shape index (κ3) is 16.7. The van der Waals surface area contributed by atoms with E-state index in [4.69, 9.17) is 9.47 Å². The van der Waals surface area contributed by atoms with Crippen LogP contribution in [-0.4, -0.2) is 183 Å². The lowest BCUT2D eigenvalue weighted by Gasteiger charge is -2.34. The van der Waals surface area contributed by atoms with Gasteiger partial charge in [0.05, 0.1) is 38.5 Å². The van der Waals surface area contributed by atoms with Gasteiger partial charge < -0.3 is 50.3 Å².